The van der Waals surface area contributed by atoms with Gasteiger partial charge < -0.3 is 14.5 Å². The number of ether oxygens (including phenoxy) is 2. The third-order valence-corrected chi connectivity index (χ3v) is 7.03. The number of fused-ring (bicyclic) bond motifs is 6. The Hall–Kier alpha value is -2.44. The predicted octanol–water partition coefficient (Wildman–Crippen LogP) is 5.47. The average molecular weight is 437 g/mol. The standard InChI is InChI=1S/C25H28N2O3S/c1-4-6-19-23(25(28)29-5-2)22-18-14-27-12-11-15-13-16(31-3)7-8-17(15)24(27)30-21(18)10-9-20(22)26-19/h7-10,13,24,26H,4-6,11-12,14H2,1-3H3. The van der Waals surface area contributed by atoms with Crippen LogP contribution < -0.4 is 4.74 Å². The maximum absolute atomic E-state index is 12.9. The third kappa shape index (κ3) is 3.42. The second-order valence-corrected chi connectivity index (χ2v) is 9.05. The second-order valence-electron chi connectivity index (χ2n) is 8.17. The molecule has 5 nitrogen and oxygen atoms in total. The highest BCUT2D eigenvalue weighted by Crippen LogP contribution is 2.43. The van der Waals surface area contributed by atoms with Gasteiger partial charge in [0.1, 0.15) is 5.75 Å². The van der Waals surface area contributed by atoms with Gasteiger partial charge in [-0.25, -0.2) is 4.79 Å². The van der Waals surface area contributed by atoms with Crippen LogP contribution in [0.5, 0.6) is 5.75 Å². The van der Waals surface area contributed by atoms with Crippen molar-refractivity contribution in [2.45, 2.75) is 50.8 Å². The van der Waals surface area contributed by atoms with Crippen molar-refractivity contribution < 1.29 is 14.3 Å². The summed E-state index contributed by atoms with van der Waals surface area (Å²) < 4.78 is 12.0. The first kappa shape index (κ1) is 20.5. The van der Waals surface area contributed by atoms with Crippen molar-refractivity contribution in [2.24, 2.45) is 0 Å². The lowest BCUT2D eigenvalue weighted by atomic mass is 9.94. The molecule has 1 atom stereocenters. The molecule has 2 aromatic carbocycles. The average Bonchev–Trinajstić information content (AvgIpc) is 3.16. The van der Waals surface area contributed by atoms with Crippen molar-refractivity contribution >= 4 is 28.6 Å². The molecule has 0 amide bonds. The third-order valence-electron chi connectivity index (χ3n) is 6.30. The van der Waals surface area contributed by atoms with Gasteiger partial charge in [-0.2, -0.15) is 0 Å². The zero-order valence-corrected chi connectivity index (χ0v) is 19.1. The molecule has 2 aliphatic heterocycles. The number of carbonyl (C=O) groups excluding carboxylic acids is 1. The van der Waals surface area contributed by atoms with Crippen molar-refractivity contribution in [2.75, 3.05) is 19.4 Å². The first-order valence-corrected chi connectivity index (χ1v) is 12.3. The molecule has 3 heterocycles. The molecule has 31 heavy (non-hydrogen) atoms. The molecule has 0 fully saturated rings. The van der Waals surface area contributed by atoms with Gasteiger partial charge in [-0.15, -0.1) is 11.8 Å². The molecule has 0 spiro atoms. The minimum Gasteiger partial charge on any atom is -0.471 e. The molecule has 3 aromatic rings. The van der Waals surface area contributed by atoms with Crippen LogP contribution in [0.25, 0.3) is 10.9 Å². The number of carbonyl (C=O) groups is 1. The van der Waals surface area contributed by atoms with Gasteiger partial charge in [0.25, 0.3) is 0 Å². The largest absolute Gasteiger partial charge is 0.471 e. The molecule has 0 radical (unpaired) electrons. The Kier molecular flexibility index (Phi) is 5.44. The summed E-state index contributed by atoms with van der Waals surface area (Å²) in [6.45, 7) is 6.04. The predicted molar refractivity (Wildman–Crippen MR) is 124 cm³/mol. The molecule has 5 rings (SSSR count). The Morgan fingerprint density at radius 3 is 2.94 bits per heavy atom. The smallest absolute Gasteiger partial charge is 0.340 e. The lowest BCUT2D eigenvalue weighted by molar-refractivity contribution is -0.00962. The molecular weight excluding hydrogens is 408 g/mol. The number of nitrogens with one attached hydrogen (secondary N) is 1. The number of H-pyrrole nitrogens is 1. The maximum atomic E-state index is 12.9. The van der Waals surface area contributed by atoms with E-state index in [0.717, 1.165) is 60.3 Å². The fraction of sp³-hybridized carbons (Fsp3) is 0.400. The number of aromatic nitrogens is 1. The number of rotatable bonds is 5. The number of hydrogen-bond acceptors (Lipinski definition) is 5. The first-order chi connectivity index (χ1) is 15.1. The van der Waals surface area contributed by atoms with Gasteiger partial charge in [-0.05, 0) is 55.9 Å². The number of nitrogens with zero attached hydrogens (tertiary/aromatic N) is 1. The van der Waals surface area contributed by atoms with Crippen molar-refractivity contribution in [1.82, 2.24) is 9.88 Å². The highest BCUT2D eigenvalue weighted by molar-refractivity contribution is 7.98. The monoisotopic (exact) mass is 436 g/mol. The van der Waals surface area contributed by atoms with Crippen LogP contribution in [-0.4, -0.2) is 35.3 Å². The Morgan fingerprint density at radius 2 is 2.16 bits per heavy atom. The number of hydrogen-bond donors (Lipinski definition) is 1. The Morgan fingerprint density at radius 1 is 1.29 bits per heavy atom. The van der Waals surface area contributed by atoms with E-state index >= 15 is 0 Å². The summed E-state index contributed by atoms with van der Waals surface area (Å²) in [6, 6.07) is 10.8. The van der Waals surface area contributed by atoms with Gasteiger partial charge in [0.2, 0.25) is 0 Å². The van der Waals surface area contributed by atoms with Crippen LogP contribution in [0, 0.1) is 0 Å². The minimum absolute atomic E-state index is 0.0790. The summed E-state index contributed by atoms with van der Waals surface area (Å²) >= 11 is 1.77. The molecular formula is C25H28N2O3S. The molecule has 0 saturated heterocycles. The summed E-state index contributed by atoms with van der Waals surface area (Å²) in [5.41, 5.74) is 6.33. The van der Waals surface area contributed by atoms with Crippen molar-refractivity contribution in [3.63, 3.8) is 0 Å². The van der Waals surface area contributed by atoms with Crippen LogP contribution in [0.4, 0.5) is 0 Å². The Labute approximate surface area is 187 Å². The summed E-state index contributed by atoms with van der Waals surface area (Å²) in [5.74, 6) is 0.615. The molecule has 1 unspecified atom stereocenters. The van der Waals surface area contributed by atoms with Crippen LogP contribution in [0.15, 0.2) is 35.2 Å². The minimum atomic E-state index is -0.249. The number of aromatic amines is 1. The van der Waals surface area contributed by atoms with E-state index in [9.17, 15) is 4.79 Å². The number of aryl methyl sites for hydroxylation is 1. The van der Waals surface area contributed by atoms with E-state index in [-0.39, 0.29) is 12.2 Å². The van der Waals surface area contributed by atoms with E-state index in [0.29, 0.717) is 12.2 Å². The van der Waals surface area contributed by atoms with E-state index in [4.69, 9.17) is 9.47 Å². The first-order valence-electron chi connectivity index (χ1n) is 11.1. The van der Waals surface area contributed by atoms with E-state index in [2.05, 4.69) is 41.3 Å². The van der Waals surface area contributed by atoms with Gasteiger partial charge >= 0.3 is 5.97 Å². The lowest BCUT2D eigenvalue weighted by Gasteiger charge is -2.41. The molecule has 1 N–H and O–H groups in total. The van der Waals surface area contributed by atoms with E-state index in [1.807, 2.05) is 19.1 Å². The quantitative estimate of drug-likeness (QED) is 0.425. The highest BCUT2D eigenvalue weighted by atomic mass is 32.2. The molecule has 6 heteroatoms. The topological polar surface area (TPSA) is 54.6 Å². The molecule has 2 aliphatic rings. The summed E-state index contributed by atoms with van der Waals surface area (Å²) in [7, 11) is 0. The van der Waals surface area contributed by atoms with Gasteiger partial charge in [-0.1, -0.05) is 19.4 Å². The fourth-order valence-corrected chi connectivity index (χ4v) is 5.36. The van der Waals surface area contributed by atoms with Crippen LogP contribution in [0.1, 0.15) is 59.2 Å². The van der Waals surface area contributed by atoms with E-state index < -0.39 is 0 Å². The van der Waals surface area contributed by atoms with Crippen molar-refractivity contribution in [3.05, 3.63) is 58.3 Å². The van der Waals surface area contributed by atoms with Crippen LogP contribution in [0.2, 0.25) is 0 Å². The van der Waals surface area contributed by atoms with E-state index in [1.54, 1.807) is 11.8 Å². The Balaban J connectivity index is 1.61. The van der Waals surface area contributed by atoms with Crippen molar-refractivity contribution in [1.29, 1.82) is 0 Å². The van der Waals surface area contributed by atoms with E-state index in [1.165, 1.54) is 16.0 Å². The number of benzene rings is 2. The highest BCUT2D eigenvalue weighted by Gasteiger charge is 2.35. The summed E-state index contributed by atoms with van der Waals surface area (Å²) in [5, 5.41) is 0.960. The summed E-state index contributed by atoms with van der Waals surface area (Å²) in [4.78, 5) is 20.1. The van der Waals surface area contributed by atoms with Crippen LogP contribution in [0.3, 0.4) is 0 Å². The molecule has 1 aromatic heterocycles. The fourth-order valence-electron chi connectivity index (χ4n) is 4.90. The van der Waals surface area contributed by atoms with Crippen LogP contribution >= 0.6 is 11.8 Å². The van der Waals surface area contributed by atoms with Crippen molar-refractivity contribution in [3.8, 4) is 5.75 Å². The van der Waals surface area contributed by atoms with Gasteiger partial charge in [0.05, 0.1) is 12.2 Å². The molecule has 0 saturated carbocycles. The Bertz CT molecular complexity index is 1150. The summed E-state index contributed by atoms with van der Waals surface area (Å²) in [6.07, 6.45) is 4.81. The normalized spacial score (nSPS) is 17.6. The zero-order chi connectivity index (χ0) is 21.5. The lowest BCUT2D eigenvalue weighted by Crippen LogP contribution is -2.41. The van der Waals surface area contributed by atoms with Gasteiger partial charge in [-0.3, -0.25) is 4.90 Å². The second kappa shape index (κ2) is 8.24. The zero-order valence-electron chi connectivity index (χ0n) is 18.3. The molecule has 0 bridgehead atoms. The molecule has 162 valence electrons. The number of thioether (sulfide) groups is 1. The van der Waals surface area contributed by atoms with Gasteiger partial charge in [0, 0.05) is 45.7 Å². The number of esters is 1. The van der Waals surface area contributed by atoms with Gasteiger partial charge in [0.15, 0.2) is 6.23 Å². The molecule has 0 aliphatic carbocycles. The SMILES string of the molecule is CCCc1[nH]c2ccc3c(c2c1C(=O)OCC)CN1CCc2cc(SC)ccc2C1O3. The van der Waals surface area contributed by atoms with Crippen LogP contribution in [-0.2, 0) is 24.1 Å². The maximum Gasteiger partial charge on any atom is 0.340 e.